The van der Waals surface area contributed by atoms with Gasteiger partial charge in [-0.05, 0) is 26.0 Å². The summed E-state index contributed by atoms with van der Waals surface area (Å²) in [7, 11) is 0. The minimum atomic E-state index is -0.465. The molecule has 0 aromatic heterocycles. The van der Waals surface area contributed by atoms with Crippen LogP contribution < -0.4 is 15.5 Å². The van der Waals surface area contributed by atoms with Gasteiger partial charge in [-0.25, -0.2) is 4.79 Å². The molecular formula is C17H25N4O3+. The molecule has 1 saturated heterocycles. The molecule has 24 heavy (non-hydrogen) atoms. The van der Waals surface area contributed by atoms with Crippen molar-refractivity contribution in [1.82, 2.24) is 15.5 Å². The van der Waals surface area contributed by atoms with Crippen LogP contribution in [0.2, 0.25) is 0 Å². The molecule has 0 spiro atoms. The second kappa shape index (κ2) is 8.44. The summed E-state index contributed by atoms with van der Waals surface area (Å²) in [4.78, 5) is 38.6. The van der Waals surface area contributed by atoms with Crippen molar-refractivity contribution in [2.75, 3.05) is 32.7 Å². The van der Waals surface area contributed by atoms with Crippen molar-refractivity contribution >= 4 is 17.8 Å². The van der Waals surface area contributed by atoms with Crippen LogP contribution >= 0.6 is 0 Å². The third-order valence-electron chi connectivity index (χ3n) is 3.86. The van der Waals surface area contributed by atoms with Crippen molar-refractivity contribution < 1.29 is 19.3 Å². The summed E-state index contributed by atoms with van der Waals surface area (Å²) in [6, 6.07) is 8.71. The molecule has 7 nitrogen and oxygen atoms in total. The SMILES string of the molecule is CC(C)NC(=O)NC(=O)C[NH+]1CCN(C(=O)c2ccccc2)CC1. The van der Waals surface area contributed by atoms with Gasteiger partial charge in [0.25, 0.3) is 11.8 Å². The lowest BCUT2D eigenvalue weighted by Crippen LogP contribution is -3.15. The average Bonchev–Trinajstić information content (AvgIpc) is 2.54. The predicted octanol–water partition coefficient (Wildman–Crippen LogP) is -0.738. The molecule has 0 bridgehead atoms. The molecule has 0 saturated carbocycles. The number of carbonyl (C=O) groups is 3. The first-order valence-electron chi connectivity index (χ1n) is 8.24. The van der Waals surface area contributed by atoms with E-state index in [0.717, 1.165) is 4.90 Å². The number of quaternary nitrogens is 1. The molecular weight excluding hydrogens is 308 g/mol. The van der Waals surface area contributed by atoms with Crippen molar-refractivity contribution in [2.45, 2.75) is 19.9 Å². The van der Waals surface area contributed by atoms with Gasteiger partial charge in [-0.2, -0.15) is 0 Å². The van der Waals surface area contributed by atoms with E-state index in [4.69, 9.17) is 0 Å². The number of nitrogens with zero attached hydrogens (tertiary/aromatic N) is 1. The molecule has 0 atom stereocenters. The van der Waals surface area contributed by atoms with E-state index in [1.165, 1.54) is 0 Å². The monoisotopic (exact) mass is 333 g/mol. The standard InChI is InChI=1S/C17H24N4O3/c1-13(2)18-17(24)19-15(22)12-20-8-10-21(11-9-20)16(23)14-6-4-3-5-7-14/h3-7,13H,8-12H2,1-2H3,(H2,18,19,22,24)/p+1. The summed E-state index contributed by atoms with van der Waals surface area (Å²) in [6.07, 6.45) is 0. The van der Waals surface area contributed by atoms with E-state index >= 15 is 0 Å². The molecule has 4 amide bonds. The Morgan fingerprint density at radius 2 is 1.75 bits per heavy atom. The van der Waals surface area contributed by atoms with Crippen LogP contribution in [0.15, 0.2) is 30.3 Å². The van der Waals surface area contributed by atoms with Crippen molar-refractivity contribution in [3.8, 4) is 0 Å². The van der Waals surface area contributed by atoms with Crippen LogP contribution in [0.5, 0.6) is 0 Å². The van der Waals surface area contributed by atoms with E-state index < -0.39 is 6.03 Å². The second-order valence-corrected chi connectivity index (χ2v) is 6.26. The minimum absolute atomic E-state index is 0.0160. The van der Waals surface area contributed by atoms with Crippen LogP contribution in [0.4, 0.5) is 4.79 Å². The van der Waals surface area contributed by atoms with Crippen LogP contribution in [0.25, 0.3) is 0 Å². The normalized spacial score (nSPS) is 15.2. The summed E-state index contributed by atoms with van der Waals surface area (Å²) >= 11 is 0. The number of urea groups is 1. The lowest BCUT2D eigenvalue weighted by molar-refractivity contribution is -0.895. The Morgan fingerprint density at radius 3 is 2.33 bits per heavy atom. The highest BCUT2D eigenvalue weighted by Crippen LogP contribution is 2.04. The Hall–Kier alpha value is -2.41. The van der Waals surface area contributed by atoms with E-state index in [9.17, 15) is 14.4 Å². The third kappa shape index (κ3) is 5.34. The maximum absolute atomic E-state index is 12.4. The summed E-state index contributed by atoms with van der Waals surface area (Å²) < 4.78 is 0. The van der Waals surface area contributed by atoms with Gasteiger partial charge in [0.05, 0.1) is 26.2 Å². The lowest BCUT2D eigenvalue weighted by Gasteiger charge is -2.31. The molecule has 0 unspecified atom stereocenters. The van der Waals surface area contributed by atoms with Gasteiger partial charge in [0.15, 0.2) is 6.54 Å². The van der Waals surface area contributed by atoms with E-state index in [0.29, 0.717) is 31.7 Å². The molecule has 7 heteroatoms. The number of hydrogen-bond donors (Lipinski definition) is 3. The van der Waals surface area contributed by atoms with Crippen LogP contribution in [0.3, 0.4) is 0 Å². The predicted molar refractivity (Wildman–Crippen MR) is 89.7 cm³/mol. The molecule has 1 aromatic rings. The third-order valence-corrected chi connectivity index (χ3v) is 3.86. The molecule has 1 fully saturated rings. The van der Waals surface area contributed by atoms with Crippen LogP contribution in [-0.2, 0) is 4.79 Å². The first-order valence-corrected chi connectivity index (χ1v) is 8.24. The minimum Gasteiger partial charge on any atom is -0.336 e. The molecule has 0 aliphatic carbocycles. The number of rotatable bonds is 4. The number of piperazine rings is 1. The topological polar surface area (TPSA) is 82.9 Å². The fourth-order valence-electron chi connectivity index (χ4n) is 2.66. The maximum Gasteiger partial charge on any atom is 0.321 e. The highest BCUT2D eigenvalue weighted by atomic mass is 16.2. The number of carbonyl (C=O) groups excluding carboxylic acids is 3. The Labute approximate surface area is 142 Å². The molecule has 3 N–H and O–H groups in total. The number of imide groups is 1. The van der Waals surface area contributed by atoms with E-state index in [1.54, 1.807) is 0 Å². The molecule has 0 radical (unpaired) electrons. The van der Waals surface area contributed by atoms with Gasteiger partial charge >= 0.3 is 6.03 Å². The van der Waals surface area contributed by atoms with E-state index in [2.05, 4.69) is 10.6 Å². The number of nitrogens with one attached hydrogen (secondary N) is 3. The van der Waals surface area contributed by atoms with Gasteiger partial charge in [-0.3, -0.25) is 14.9 Å². The van der Waals surface area contributed by atoms with E-state index in [-0.39, 0.29) is 24.4 Å². The van der Waals surface area contributed by atoms with Crippen LogP contribution in [-0.4, -0.2) is 61.5 Å². The van der Waals surface area contributed by atoms with Crippen LogP contribution in [0.1, 0.15) is 24.2 Å². The molecule has 1 aliphatic rings. The maximum atomic E-state index is 12.4. The highest BCUT2D eigenvalue weighted by molar-refractivity contribution is 5.95. The largest absolute Gasteiger partial charge is 0.336 e. The van der Waals surface area contributed by atoms with Crippen LogP contribution in [0, 0.1) is 0 Å². The van der Waals surface area contributed by atoms with Gasteiger partial charge in [0.1, 0.15) is 0 Å². The van der Waals surface area contributed by atoms with Crippen molar-refractivity contribution in [3.05, 3.63) is 35.9 Å². The van der Waals surface area contributed by atoms with Crippen molar-refractivity contribution in [3.63, 3.8) is 0 Å². The summed E-state index contributed by atoms with van der Waals surface area (Å²) in [5.41, 5.74) is 0.684. The summed E-state index contributed by atoms with van der Waals surface area (Å²) in [5, 5.41) is 4.95. The zero-order chi connectivity index (χ0) is 17.5. The first-order chi connectivity index (χ1) is 11.5. The smallest absolute Gasteiger partial charge is 0.321 e. The fourth-order valence-corrected chi connectivity index (χ4v) is 2.66. The zero-order valence-electron chi connectivity index (χ0n) is 14.2. The van der Waals surface area contributed by atoms with Gasteiger partial charge in [-0.1, -0.05) is 18.2 Å². The van der Waals surface area contributed by atoms with Crippen molar-refractivity contribution in [2.24, 2.45) is 0 Å². The van der Waals surface area contributed by atoms with Gasteiger partial charge in [0.2, 0.25) is 0 Å². The molecule has 1 aromatic carbocycles. The molecule has 2 rings (SSSR count). The quantitative estimate of drug-likeness (QED) is 0.679. The lowest BCUT2D eigenvalue weighted by atomic mass is 10.2. The zero-order valence-corrected chi connectivity index (χ0v) is 14.2. The van der Waals surface area contributed by atoms with Gasteiger partial charge < -0.3 is 15.1 Å². The Kier molecular flexibility index (Phi) is 6.31. The Morgan fingerprint density at radius 1 is 1.12 bits per heavy atom. The molecule has 1 heterocycles. The van der Waals surface area contributed by atoms with Crippen molar-refractivity contribution in [1.29, 1.82) is 0 Å². The summed E-state index contributed by atoms with van der Waals surface area (Å²) in [6.45, 7) is 6.49. The highest BCUT2D eigenvalue weighted by Gasteiger charge is 2.26. The fraction of sp³-hybridized carbons (Fsp3) is 0.471. The first kappa shape index (κ1) is 17.9. The van der Waals surface area contributed by atoms with E-state index in [1.807, 2.05) is 49.1 Å². The number of benzene rings is 1. The second-order valence-electron chi connectivity index (χ2n) is 6.26. The average molecular weight is 333 g/mol. The van der Waals surface area contributed by atoms with Gasteiger partial charge in [-0.15, -0.1) is 0 Å². The summed E-state index contributed by atoms with van der Waals surface area (Å²) in [5.74, 6) is -0.276. The molecule has 1 aliphatic heterocycles. The van der Waals surface area contributed by atoms with Gasteiger partial charge in [0, 0.05) is 11.6 Å². The Bertz CT molecular complexity index is 581. The number of amides is 4. The Balaban J connectivity index is 1.75. The molecule has 130 valence electrons. The number of hydrogen-bond acceptors (Lipinski definition) is 3.